The fourth-order valence-electron chi connectivity index (χ4n) is 2.60. The minimum atomic E-state index is -0.510. The van der Waals surface area contributed by atoms with Gasteiger partial charge in [0.15, 0.2) is 0 Å². The second-order valence-corrected chi connectivity index (χ2v) is 7.01. The van der Waals surface area contributed by atoms with Gasteiger partial charge in [-0.05, 0) is 48.8 Å². The van der Waals surface area contributed by atoms with Gasteiger partial charge in [0.25, 0.3) is 11.6 Å². The molecular weight excluding hydrogens is 449 g/mol. The van der Waals surface area contributed by atoms with E-state index in [1.807, 2.05) is 65.9 Å². The van der Waals surface area contributed by atoms with Crippen molar-refractivity contribution in [3.8, 4) is 5.75 Å². The van der Waals surface area contributed by atoms with Gasteiger partial charge in [0.1, 0.15) is 5.75 Å². The number of nitrogens with one attached hydrogen (secondary N) is 1. The standard InChI is InChI=1S/C18H20IN3O4/c1-21(2)16(13-6-4-5-7-17(13)26-3)11-20-18(23)14-10-12(22(24)25)8-9-15(14)19/h4-10,16H,11H2,1-3H3,(H,20,23). The zero-order valence-electron chi connectivity index (χ0n) is 14.7. The first-order valence-electron chi connectivity index (χ1n) is 7.86. The van der Waals surface area contributed by atoms with Crippen LogP contribution in [0.2, 0.25) is 0 Å². The number of para-hydroxylation sites is 1. The van der Waals surface area contributed by atoms with E-state index in [2.05, 4.69) is 5.32 Å². The number of carbonyl (C=O) groups is 1. The minimum absolute atomic E-state index is 0.105. The molecule has 1 atom stereocenters. The van der Waals surface area contributed by atoms with Crippen molar-refractivity contribution in [2.24, 2.45) is 0 Å². The minimum Gasteiger partial charge on any atom is -0.496 e. The van der Waals surface area contributed by atoms with Crippen molar-refractivity contribution in [1.29, 1.82) is 0 Å². The number of methoxy groups -OCH3 is 1. The van der Waals surface area contributed by atoms with Crippen LogP contribution in [0.4, 0.5) is 5.69 Å². The van der Waals surface area contributed by atoms with Gasteiger partial charge in [0.05, 0.1) is 23.6 Å². The number of carbonyl (C=O) groups excluding carboxylic acids is 1. The predicted molar refractivity (Wildman–Crippen MR) is 108 cm³/mol. The molecule has 0 aliphatic rings. The molecule has 26 heavy (non-hydrogen) atoms. The summed E-state index contributed by atoms with van der Waals surface area (Å²) in [6.45, 7) is 0.338. The van der Waals surface area contributed by atoms with Crippen molar-refractivity contribution in [2.75, 3.05) is 27.7 Å². The summed E-state index contributed by atoms with van der Waals surface area (Å²) in [4.78, 5) is 25.0. The van der Waals surface area contributed by atoms with Crippen LogP contribution in [0.3, 0.4) is 0 Å². The van der Waals surface area contributed by atoms with Crippen molar-refractivity contribution >= 4 is 34.2 Å². The Labute approximate surface area is 165 Å². The number of hydrogen-bond acceptors (Lipinski definition) is 5. The fraction of sp³-hybridized carbons (Fsp3) is 0.278. The van der Waals surface area contributed by atoms with Crippen LogP contribution >= 0.6 is 22.6 Å². The number of amides is 1. The quantitative estimate of drug-likeness (QED) is 0.383. The second kappa shape index (κ2) is 8.95. The highest BCUT2D eigenvalue weighted by molar-refractivity contribution is 14.1. The van der Waals surface area contributed by atoms with Crippen LogP contribution in [-0.2, 0) is 0 Å². The number of hydrogen-bond donors (Lipinski definition) is 1. The van der Waals surface area contributed by atoms with Gasteiger partial charge in [-0.25, -0.2) is 0 Å². The summed E-state index contributed by atoms with van der Waals surface area (Å²) < 4.78 is 6.07. The van der Waals surface area contributed by atoms with E-state index < -0.39 is 4.92 Å². The van der Waals surface area contributed by atoms with E-state index in [0.29, 0.717) is 10.1 Å². The lowest BCUT2D eigenvalue weighted by Gasteiger charge is -2.26. The summed E-state index contributed by atoms with van der Waals surface area (Å²) in [6, 6.07) is 11.8. The zero-order valence-corrected chi connectivity index (χ0v) is 16.9. The monoisotopic (exact) mass is 469 g/mol. The highest BCUT2D eigenvalue weighted by Crippen LogP contribution is 2.27. The van der Waals surface area contributed by atoms with Gasteiger partial charge in [0, 0.05) is 27.8 Å². The fourth-order valence-corrected chi connectivity index (χ4v) is 3.18. The van der Waals surface area contributed by atoms with Gasteiger partial charge in [-0.15, -0.1) is 0 Å². The lowest BCUT2D eigenvalue weighted by atomic mass is 10.0. The summed E-state index contributed by atoms with van der Waals surface area (Å²) in [7, 11) is 5.44. The second-order valence-electron chi connectivity index (χ2n) is 5.85. The highest BCUT2D eigenvalue weighted by atomic mass is 127. The Bertz CT molecular complexity index is 811. The molecule has 0 heterocycles. The number of rotatable bonds is 7. The van der Waals surface area contributed by atoms with Crippen molar-refractivity contribution in [3.05, 3.63) is 67.3 Å². The Morgan fingerprint density at radius 2 is 2.00 bits per heavy atom. The molecular formula is C18H20IN3O4. The van der Waals surface area contributed by atoms with Gasteiger partial charge < -0.3 is 15.0 Å². The molecule has 8 heteroatoms. The first-order valence-corrected chi connectivity index (χ1v) is 8.94. The molecule has 0 saturated carbocycles. The molecule has 0 radical (unpaired) electrons. The van der Waals surface area contributed by atoms with Crippen LogP contribution in [0, 0.1) is 13.7 Å². The molecule has 2 aromatic carbocycles. The van der Waals surface area contributed by atoms with E-state index in [-0.39, 0.29) is 23.2 Å². The Kier molecular flexibility index (Phi) is 6.92. The number of nitro groups is 1. The molecule has 0 aromatic heterocycles. The molecule has 0 aliphatic carbocycles. The Hall–Kier alpha value is -2.20. The first-order chi connectivity index (χ1) is 12.3. The van der Waals surface area contributed by atoms with E-state index in [1.165, 1.54) is 12.1 Å². The molecule has 1 unspecified atom stereocenters. The van der Waals surface area contributed by atoms with E-state index in [1.54, 1.807) is 13.2 Å². The molecule has 0 saturated heterocycles. The van der Waals surface area contributed by atoms with Crippen LogP contribution < -0.4 is 10.1 Å². The van der Waals surface area contributed by atoms with Gasteiger partial charge in [0.2, 0.25) is 0 Å². The summed E-state index contributed by atoms with van der Waals surface area (Å²) in [6.07, 6.45) is 0. The average molecular weight is 469 g/mol. The van der Waals surface area contributed by atoms with Crippen molar-refractivity contribution < 1.29 is 14.5 Å². The maximum Gasteiger partial charge on any atom is 0.270 e. The molecule has 2 aromatic rings. The Morgan fingerprint density at radius 3 is 2.62 bits per heavy atom. The number of halogens is 1. The number of nitro benzene ring substituents is 1. The highest BCUT2D eigenvalue weighted by Gasteiger charge is 2.21. The molecule has 1 N–H and O–H groups in total. The average Bonchev–Trinajstić information content (AvgIpc) is 2.61. The van der Waals surface area contributed by atoms with Crippen molar-refractivity contribution in [1.82, 2.24) is 10.2 Å². The van der Waals surface area contributed by atoms with Crippen molar-refractivity contribution in [2.45, 2.75) is 6.04 Å². The third kappa shape index (κ3) is 4.70. The molecule has 1 amide bonds. The van der Waals surface area contributed by atoms with Gasteiger partial charge in [-0.3, -0.25) is 14.9 Å². The molecule has 2 rings (SSSR count). The first kappa shape index (κ1) is 20.1. The SMILES string of the molecule is COc1ccccc1C(CNC(=O)c1cc([N+](=O)[O-])ccc1I)N(C)C. The Morgan fingerprint density at radius 1 is 1.31 bits per heavy atom. The van der Waals surface area contributed by atoms with Crippen LogP contribution in [0.15, 0.2) is 42.5 Å². The lowest BCUT2D eigenvalue weighted by molar-refractivity contribution is -0.384. The van der Waals surface area contributed by atoms with Gasteiger partial charge >= 0.3 is 0 Å². The smallest absolute Gasteiger partial charge is 0.270 e. The predicted octanol–water partition coefficient (Wildman–Crippen LogP) is 3.24. The van der Waals surface area contributed by atoms with E-state index in [9.17, 15) is 14.9 Å². The number of non-ortho nitro benzene ring substituents is 1. The van der Waals surface area contributed by atoms with E-state index in [4.69, 9.17) is 4.74 Å². The molecule has 0 bridgehead atoms. The summed E-state index contributed by atoms with van der Waals surface area (Å²) in [5.41, 5.74) is 1.14. The molecule has 0 aliphatic heterocycles. The Balaban J connectivity index is 2.21. The number of ether oxygens (including phenoxy) is 1. The largest absolute Gasteiger partial charge is 0.496 e. The van der Waals surface area contributed by atoms with Crippen LogP contribution in [-0.4, -0.2) is 43.5 Å². The van der Waals surface area contributed by atoms with Gasteiger partial charge in [-0.1, -0.05) is 18.2 Å². The van der Waals surface area contributed by atoms with Crippen LogP contribution in [0.1, 0.15) is 22.0 Å². The third-order valence-corrected chi connectivity index (χ3v) is 4.92. The van der Waals surface area contributed by atoms with Crippen molar-refractivity contribution in [3.63, 3.8) is 0 Å². The normalized spacial score (nSPS) is 11.9. The topological polar surface area (TPSA) is 84.7 Å². The number of nitrogens with zero attached hydrogens (tertiary/aromatic N) is 2. The maximum absolute atomic E-state index is 12.6. The molecule has 0 spiro atoms. The number of benzene rings is 2. The summed E-state index contributed by atoms with van der Waals surface area (Å²) >= 11 is 2.00. The summed E-state index contributed by atoms with van der Waals surface area (Å²) in [5, 5.41) is 13.8. The lowest BCUT2D eigenvalue weighted by Crippen LogP contribution is -2.35. The molecule has 0 fully saturated rings. The van der Waals surface area contributed by atoms with E-state index >= 15 is 0 Å². The zero-order chi connectivity index (χ0) is 19.3. The van der Waals surface area contributed by atoms with Crippen LogP contribution in [0.25, 0.3) is 0 Å². The van der Waals surface area contributed by atoms with Crippen LogP contribution in [0.5, 0.6) is 5.75 Å². The van der Waals surface area contributed by atoms with Gasteiger partial charge in [-0.2, -0.15) is 0 Å². The molecule has 7 nitrogen and oxygen atoms in total. The third-order valence-electron chi connectivity index (χ3n) is 3.98. The number of likely N-dealkylation sites (N-methyl/N-ethyl adjacent to an activating group) is 1. The molecule has 138 valence electrons. The van der Waals surface area contributed by atoms with E-state index in [0.717, 1.165) is 11.3 Å². The summed E-state index contributed by atoms with van der Waals surface area (Å²) in [5.74, 6) is 0.394. The maximum atomic E-state index is 12.6.